The highest BCUT2D eigenvalue weighted by Crippen LogP contribution is 2.27. The number of hydrogen-bond donors (Lipinski definition) is 3. The Bertz CT molecular complexity index is 737. The van der Waals surface area contributed by atoms with Gasteiger partial charge in [0.2, 0.25) is 0 Å². The summed E-state index contributed by atoms with van der Waals surface area (Å²) in [5.74, 6) is -0.262. The summed E-state index contributed by atoms with van der Waals surface area (Å²) in [6.07, 6.45) is -0.258. The van der Waals surface area contributed by atoms with Crippen molar-refractivity contribution < 1.29 is 14.3 Å². The number of amides is 2. The summed E-state index contributed by atoms with van der Waals surface area (Å²) in [5, 5.41) is 5.24. The number of nitrogens with one attached hydrogen (secondary N) is 3. The van der Waals surface area contributed by atoms with Gasteiger partial charge in [-0.2, -0.15) is 0 Å². The number of aromatic amines is 1. The molecule has 0 aliphatic heterocycles. The van der Waals surface area contributed by atoms with Crippen LogP contribution >= 0.6 is 0 Å². The first kappa shape index (κ1) is 17.6. The topological polar surface area (TPSA) is 83.2 Å². The van der Waals surface area contributed by atoms with Gasteiger partial charge in [0, 0.05) is 19.7 Å². The Kier molecular flexibility index (Phi) is 5.63. The maximum absolute atomic E-state index is 12.0. The highest BCUT2D eigenvalue weighted by Gasteiger charge is 2.21. The van der Waals surface area contributed by atoms with Crippen LogP contribution in [0.25, 0.3) is 0 Å². The van der Waals surface area contributed by atoms with Crippen LogP contribution in [-0.2, 0) is 0 Å². The molecule has 0 fully saturated rings. The second-order valence-electron chi connectivity index (χ2n) is 5.54. The molecule has 0 unspecified atom stereocenters. The van der Waals surface area contributed by atoms with E-state index in [1.807, 2.05) is 45.0 Å². The zero-order valence-corrected chi connectivity index (χ0v) is 14.4. The number of aromatic nitrogens is 1. The zero-order valence-electron chi connectivity index (χ0n) is 14.4. The van der Waals surface area contributed by atoms with E-state index in [4.69, 9.17) is 4.74 Å². The molecule has 1 aromatic carbocycles. The van der Waals surface area contributed by atoms with Gasteiger partial charge in [-0.05, 0) is 26.3 Å². The van der Waals surface area contributed by atoms with Crippen LogP contribution in [0.4, 0.5) is 0 Å². The maximum atomic E-state index is 12.0. The first-order valence-electron chi connectivity index (χ1n) is 7.92. The van der Waals surface area contributed by atoms with Gasteiger partial charge < -0.3 is 20.4 Å². The van der Waals surface area contributed by atoms with Crippen LogP contribution in [-0.4, -0.2) is 30.4 Å². The normalized spacial score (nSPS) is 11.7. The number of benzene rings is 1. The van der Waals surface area contributed by atoms with Crippen LogP contribution in [0.3, 0.4) is 0 Å². The second kappa shape index (κ2) is 7.68. The lowest BCUT2D eigenvalue weighted by atomic mass is 10.1. The molecular formula is C18H23N3O3. The summed E-state index contributed by atoms with van der Waals surface area (Å²) in [7, 11) is 1.53. The number of aryl methyl sites for hydroxylation is 1. The van der Waals surface area contributed by atoms with Crippen LogP contribution in [0.1, 0.15) is 52.1 Å². The minimum atomic E-state index is -0.336. The molecule has 128 valence electrons. The number of carbonyl (C=O) groups excluding carboxylic acids is 2. The Morgan fingerprint density at radius 2 is 2.00 bits per heavy atom. The molecule has 3 N–H and O–H groups in total. The number of rotatable bonds is 6. The van der Waals surface area contributed by atoms with Gasteiger partial charge in [0.15, 0.2) is 5.75 Å². The molecule has 0 saturated carbocycles. The molecule has 0 saturated heterocycles. The van der Waals surface area contributed by atoms with Gasteiger partial charge >= 0.3 is 0 Å². The summed E-state index contributed by atoms with van der Waals surface area (Å²) in [5.41, 5.74) is 2.66. The van der Waals surface area contributed by atoms with Crippen LogP contribution in [0.15, 0.2) is 30.3 Å². The van der Waals surface area contributed by atoms with E-state index < -0.39 is 0 Å². The number of hydrogen-bond acceptors (Lipinski definition) is 3. The van der Waals surface area contributed by atoms with Gasteiger partial charge in [0.1, 0.15) is 17.5 Å². The van der Waals surface area contributed by atoms with Crippen molar-refractivity contribution in [2.45, 2.75) is 26.9 Å². The van der Waals surface area contributed by atoms with E-state index in [1.54, 1.807) is 6.07 Å². The largest absolute Gasteiger partial charge is 0.484 e. The summed E-state index contributed by atoms with van der Waals surface area (Å²) < 4.78 is 5.95. The van der Waals surface area contributed by atoms with Gasteiger partial charge in [0.05, 0.1) is 0 Å². The maximum Gasteiger partial charge on any atom is 0.271 e. The fraction of sp³-hybridized carbons (Fsp3) is 0.333. The van der Waals surface area contributed by atoms with Gasteiger partial charge in [0.25, 0.3) is 11.8 Å². The Labute approximate surface area is 141 Å². The Morgan fingerprint density at radius 3 is 2.62 bits per heavy atom. The summed E-state index contributed by atoms with van der Waals surface area (Å²) in [6, 6.07) is 9.52. The molecule has 6 heteroatoms. The van der Waals surface area contributed by atoms with Crippen LogP contribution in [0.2, 0.25) is 0 Å². The molecule has 6 nitrogen and oxygen atoms in total. The Balaban J connectivity index is 2.30. The molecule has 2 rings (SSSR count). The van der Waals surface area contributed by atoms with Crippen LogP contribution in [0.5, 0.6) is 5.75 Å². The van der Waals surface area contributed by atoms with Crippen molar-refractivity contribution in [3.63, 3.8) is 0 Å². The quantitative estimate of drug-likeness (QED) is 0.761. The highest BCUT2D eigenvalue weighted by molar-refractivity contribution is 5.99. The Hall–Kier alpha value is -2.76. The molecule has 1 atom stereocenters. The molecular weight excluding hydrogens is 306 g/mol. The molecule has 1 heterocycles. The van der Waals surface area contributed by atoms with E-state index >= 15 is 0 Å². The van der Waals surface area contributed by atoms with E-state index in [2.05, 4.69) is 15.6 Å². The third kappa shape index (κ3) is 3.95. The minimum Gasteiger partial charge on any atom is -0.484 e. The van der Waals surface area contributed by atoms with Gasteiger partial charge in [-0.1, -0.05) is 29.8 Å². The lowest BCUT2D eigenvalue weighted by Gasteiger charge is -2.15. The fourth-order valence-corrected chi connectivity index (χ4v) is 2.38. The molecule has 24 heavy (non-hydrogen) atoms. The highest BCUT2D eigenvalue weighted by atomic mass is 16.5. The van der Waals surface area contributed by atoms with E-state index in [9.17, 15) is 9.59 Å². The van der Waals surface area contributed by atoms with Crippen LogP contribution < -0.4 is 15.4 Å². The molecule has 0 aliphatic rings. The summed E-state index contributed by atoms with van der Waals surface area (Å²) >= 11 is 0. The van der Waals surface area contributed by atoms with E-state index in [1.165, 1.54) is 7.05 Å². The summed E-state index contributed by atoms with van der Waals surface area (Å²) in [4.78, 5) is 26.9. The van der Waals surface area contributed by atoms with Gasteiger partial charge in [-0.15, -0.1) is 0 Å². The van der Waals surface area contributed by atoms with Crippen molar-refractivity contribution in [3.05, 3.63) is 52.8 Å². The average molecular weight is 329 g/mol. The molecule has 2 aromatic rings. The molecule has 0 spiro atoms. The SMILES string of the molecule is CCNC(=O)c1cc(O[C@H](C)c2cccc(C)c2)c(C(=O)NC)[nH]1. The van der Waals surface area contributed by atoms with Gasteiger partial charge in [-0.3, -0.25) is 9.59 Å². The van der Waals surface area contributed by atoms with Crippen molar-refractivity contribution >= 4 is 11.8 Å². The fourth-order valence-electron chi connectivity index (χ4n) is 2.38. The summed E-state index contributed by atoms with van der Waals surface area (Å²) in [6.45, 7) is 6.25. The van der Waals surface area contributed by atoms with E-state index in [0.29, 0.717) is 18.0 Å². The molecule has 1 aromatic heterocycles. The predicted molar refractivity (Wildman–Crippen MR) is 92.4 cm³/mol. The molecule has 0 bridgehead atoms. The molecule has 0 aliphatic carbocycles. The monoisotopic (exact) mass is 329 g/mol. The number of carbonyl (C=O) groups is 2. The zero-order chi connectivity index (χ0) is 17.7. The van der Waals surface area contributed by atoms with Crippen molar-refractivity contribution in [1.29, 1.82) is 0 Å². The lowest BCUT2D eigenvalue weighted by Crippen LogP contribution is -2.23. The number of ether oxygens (including phenoxy) is 1. The second-order valence-corrected chi connectivity index (χ2v) is 5.54. The van der Waals surface area contributed by atoms with Crippen molar-refractivity contribution in [1.82, 2.24) is 15.6 Å². The first-order valence-corrected chi connectivity index (χ1v) is 7.92. The van der Waals surface area contributed by atoms with Crippen molar-refractivity contribution in [2.24, 2.45) is 0 Å². The lowest BCUT2D eigenvalue weighted by molar-refractivity contribution is 0.0951. The van der Waals surface area contributed by atoms with E-state index in [-0.39, 0.29) is 23.6 Å². The van der Waals surface area contributed by atoms with E-state index in [0.717, 1.165) is 11.1 Å². The van der Waals surface area contributed by atoms with Gasteiger partial charge in [-0.25, -0.2) is 0 Å². The molecule has 2 amide bonds. The van der Waals surface area contributed by atoms with Crippen LogP contribution in [0, 0.1) is 6.92 Å². The third-order valence-corrected chi connectivity index (χ3v) is 3.63. The first-order chi connectivity index (χ1) is 11.5. The predicted octanol–water partition coefficient (Wildman–Crippen LogP) is 2.57. The minimum absolute atomic E-state index is 0.234. The molecule has 0 radical (unpaired) electrons. The Morgan fingerprint density at radius 1 is 1.25 bits per heavy atom. The number of H-pyrrole nitrogens is 1. The average Bonchev–Trinajstić information content (AvgIpc) is 2.98. The smallest absolute Gasteiger partial charge is 0.271 e. The third-order valence-electron chi connectivity index (χ3n) is 3.63. The van der Waals surface area contributed by atoms with Crippen molar-refractivity contribution in [2.75, 3.05) is 13.6 Å². The van der Waals surface area contributed by atoms with Crippen molar-refractivity contribution in [3.8, 4) is 5.75 Å². The standard InChI is InChI=1S/C18H23N3O3/c1-5-20-17(22)14-10-15(16(21-14)18(23)19-4)24-12(3)13-8-6-7-11(2)9-13/h6-10,12,21H,5H2,1-4H3,(H,19,23)(H,20,22)/t12-/m1/s1.